The minimum Gasteiger partial charge on any atom is -0.314 e. The van der Waals surface area contributed by atoms with Gasteiger partial charge in [0.1, 0.15) is 0 Å². The number of hydrogen-bond acceptors (Lipinski definition) is 2. The highest BCUT2D eigenvalue weighted by atomic mass is 15.1. The summed E-state index contributed by atoms with van der Waals surface area (Å²) in [4.78, 5) is 0. The second-order valence-corrected chi connectivity index (χ2v) is 3.99. The first-order valence-electron chi connectivity index (χ1n) is 5.35. The van der Waals surface area contributed by atoms with Crippen LogP contribution >= 0.6 is 0 Å². The van der Waals surface area contributed by atoms with E-state index in [4.69, 9.17) is 0 Å². The van der Waals surface area contributed by atoms with Gasteiger partial charge in [-0.05, 0) is 31.0 Å². The third-order valence-electron chi connectivity index (χ3n) is 2.87. The second-order valence-electron chi connectivity index (χ2n) is 3.99. The monoisotopic (exact) mass is 190 g/mol. The van der Waals surface area contributed by atoms with Crippen molar-refractivity contribution in [3.05, 3.63) is 35.4 Å². The fraction of sp³-hybridized carbons (Fsp3) is 0.500. The smallest absolute Gasteiger partial charge is 0.0317 e. The molecule has 0 amide bonds. The Morgan fingerprint density at radius 1 is 1.36 bits per heavy atom. The molecule has 0 bridgehead atoms. The molecule has 14 heavy (non-hydrogen) atoms. The zero-order valence-corrected chi connectivity index (χ0v) is 8.72. The lowest BCUT2D eigenvalue weighted by Crippen LogP contribution is -2.55. The van der Waals surface area contributed by atoms with Gasteiger partial charge >= 0.3 is 0 Å². The minimum atomic E-state index is 0.707. The van der Waals surface area contributed by atoms with Crippen LogP contribution in [0, 0.1) is 6.92 Å². The first-order valence-corrected chi connectivity index (χ1v) is 5.35. The average molecular weight is 190 g/mol. The topological polar surface area (TPSA) is 24.1 Å². The maximum Gasteiger partial charge on any atom is 0.0317 e. The van der Waals surface area contributed by atoms with Gasteiger partial charge in [-0.3, -0.25) is 0 Å². The largest absolute Gasteiger partial charge is 0.314 e. The van der Waals surface area contributed by atoms with Crippen molar-refractivity contribution in [1.82, 2.24) is 10.6 Å². The Morgan fingerprint density at radius 3 is 2.79 bits per heavy atom. The summed E-state index contributed by atoms with van der Waals surface area (Å²) in [5.41, 5.74) is 2.87. The van der Waals surface area contributed by atoms with Crippen molar-refractivity contribution in [1.29, 1.82) is 0 Å². The van der Waals surface area contributed by atoms with Gasteiger partial charge in [0, 0.05) is 19.1 Å². The first-order chi connectivity index (χ1) is 6.86. The molecule has 0 atom stereocenters. The fourth-order valence-corrected chi connectivity index (χ4v) is 1.73. The number of aryl methyl sites for hydroxylation is 1. The summed E-state index contributed by atoms with van der Waals surface area (Å²) in [6.07, 6.45) is 1.14. The normalized spacial score (nSPS) is 16.6. The predicted octanol–water partition coefficient (Wildman–Crippen LogP) is 1.10. The lowest BCUT2D eigenvalue weighted by Gasteiger charge is -2.28. The Balaban J connectivity index is 1.76. The number of benzene rings is 1. The molecule has 2 nitrogen and oxygen atoms in total. The van der Waals surface area contributed by atoms with E-state index in [0.717, 1.165) is 26.1 Å². The Hall–Kier alpha value is -0.860. The Labute approximate surface area is 85.7 Å². The summed E-state index contributed by atoms with van der Waals surface area (Å²) in [7, 11) is 0. The molecule has 0 spiro atoms. The van der Waals surface area contributed by atoms with E-state index in [0.29, 0.717) is 6.04 Å². The van der Waals surface area contributed by atoms with Gasteiger partial charge in [0.2, 0.25) is 0 Å². The molecule has 1 aliphatic rings. The Kier molecular flexibility index (Phi) is 3.17. The van der Waals surface area contributed by atoms with Crippen molar-refractivity contribution >= 4 is 0 Å². The van der Waals surface area contributed by atoms with Crippen LogP contribution in [-0.4, -0.2) is 25.7 Å². The molecule has 0 unspecified atom stereocenters. The van der Waals surface area contributed by atoms with E-state index in [1.807, 2.05) is 0 Å². The summed E-state index contributed by atoms with van der Waals surface area (Å²) >= 11 is 0. The molecule has 2 rings (SSSR count). The highest BCUT2D eigenvalue weighted by Gasteiger charge is 2.14. The van der Waals surface area contributed by atoms with E-state index in [1.54, 1.807) is 0 Å². The van der Waals surface area contributed by atoms with E-state index in [-0.39, 0.29) is 0 Å². The van der Waals surface area contributed by atoms with Crippen LogP contribution in [0.25, 0.3) is 0 Å². The summed E-state index contributed by atoms with van der Waals surface area (Å²) in [5, 5.41) is 6.79. The molecule has 2 N–H and O–H groups in total. The molecule has 0 saturated carbocycles. The van der Waals surface area contributed by atoms with Crippen molar-refractivity contribution in [2.45, 2.75) is 19.4 Å². The second kappa shape index (κ2) is 4.58. The van der Waals surface area contributed by atoms with Crippen LogP contribution in [0.5, 0.6) is 0 Å². The van der Waals surface area contributed by atoms with Gasteiger partial charge < -0.3 is 10.6 Å². The van der Waals surface area contributed by atoms with Crippen LogP contribution in [-0.2, 0) is 6.42 Å². The molecule has 76 valence electrons. The van der Waals surface area contributed by atoms with Gasteiger partial charge in [0.25, 0.3) is 0 Å². The van der Waals surface area contributed by atoms with Crippen molar-refractivity contribution in [3.8, 4) is 0 Å². The van der Waals surface area contributed by atoms with Gasteiger partial charge in [-0.2, -0.15) is 0 Å². The zero-order chi connectivity index (χ0) is 9.80. The van der Waals surface area contributed by atoms with Crippen molar-refractivity contribution in [3.63, 3.8) is 0 Å². The lowest BCUT2D eigenvalue weighted by molar-refractivity contribution is 0.369. The Morgan fingerprint density at radius 2 is 2.14 bits per heavy atom. The van der Waals surface area contributed by atoms with Gasteiger partial charge in [-0.15, -0.1) is 0 Å². The highest BCUT2D eigenvalue weighted by molar-refractivity contribution is 5.25. The van der Waals surface area contributed by atoms with Crippen molar-refractivity contribution in [2.75, 3.05) is 19.6 Å². The van der Waals surface area contributed by atoms with E-state index >= 15 is 0 Å². The summed E-state index contributed by atoms with van der Waals surface area (Å²) in [6, 6.07) is 9.32. The maximum atomic E-state index is 3.53. The molecule has 1 aliphatic heterocycles. The molecular weight excluding hydrogens is 172 g/mol. The quantitative estimate of drug-likeness (QED) is 0.743. The number of rotatable bonds is 4. The highest BCUT2D eigenvalue weighted by Crippen LogP contribution is 2.07. The summed E-state index contributed by atoms with van der Waals surface area (Å²) in [5.74, 6) is 0. The fourth-order valence-electron chi connectivity index (χ4n) is 1.73. The molecule has 1 aromatic carbocycles. The van der Waals surface area contributed by atoms with Gasteiger partial charge in [-0.1, -0.05) is 24.3 Å². The van der Waals surface area contributed by atoms with Gasteiger partial charge in [0.05, 0.1) is 0 Å². The van der Waals surface area contributed by atoms with E-state index in [9.17, 15) is 0 Å². The number of hydrogen-bond donors (Lipinski definition) is 2. The molecule has 1 fully saturated rings. The SMILES string of the molecule is Cc1ccccc1CCNC1CNC1. The van der Waals surface area contributed by atoms with Crippen LogP contribution in [0.3, 0.4) is 0 Å². The molecule has 0 aromatic heterocycles. The molecule has 1 heterocycles. The van der Waals surface area contributed by atoms with E-state index in [2.05, 4.69) is 41.8 Å². The van der Waals surface area contributed by atoms with Crippen molar-refractivity contribution < 1.29 is 0 Å². The van der Waals surface area contributed by atoms with Crippen LogP contribution in [0.1, 0.15) is 11.1 Å². The zero-order valence-electron chi connectivity index (χ0n) is 8.72. The molecule has 0 radical (unpaired) electrons. The number of nitrogens with one attached hydrogen (secondary N) is 2. The lowest BCUT2D eigenvalue weighted by atomic mass is 10.1. The van der Waals surface area contributed by atoms with Crippen molar-refractivity contribution in [2.24, 2.45) is 0 Å². The van der Waals surface area contributed by atoms with Gasteiger partial charge in [-0.25, -0.2) is 0 Å². The van der Waals surface area contributed by atoms with Gasteiger partial charge in [0.15, 0.2) is 0 Å². The molecule has 1 saturated heterocycles. The average Bonchev–Trinajstić information content (AvgIpc) is 2.12. The molecule has 2 heteroatoms. The van der Waals surface area contributed by atoms with Crippen LogP contribution in [0.2, 0.25) is 0 Å². The minimum absolute atomic E-state index is 0.707. The van der Waals surface area contributed by atoms with E-state index in [1.165, 1.54) is 11.1 Å². The van der Waals surface area contributed by atoms with Crippen LogP contribution < -0.4 is 10.6 Å². The van der Waals surface area contributed by atoms with E-state index < -0.39 is 0 Å². The predicted molar refractivity (Wildman–Crippen MR) is 59.5 cm³/mol. The standard InChI is InChI=1S/C12H18N2/c1-10-4-2-3-5-11(10)6-7-14-12-8-13-9-12/h2-5,12-14H,6-9H2,1H3. The summed E-state index contributed by atoms with van der Waals surface area (Å²) < 4.78 is 0. The van der Waals surface area contributed by atoms with Crippen LogP contribution in [0.4, 0.5) is 0 Å². The Bertz CT molecular complexity index is 292. The third kappa shape index (κ3) is 2.34. The molecular formula is C12H18N2. The molecule has 1 aromatic rings. The maximum absolute atomic E-state index is 3.53. The van der Waals surface area contributed by atoms with Crippen LogP contribution in [0.15, 0.2) is 24.3 Å². The molecule has 0 aliphatic carbocycles. The summed E-state index contributed by atoms with van der Waals surface area (Å²) in [6.45, 7) is 5.54. The third-order valence-corrected chi connectivity index (χ3v) is 2.87. The first kappa shape index (κ1) is 9.69.